The van der Waals surface area contributed by atoms with Crippen molar-refractivity contribution in [3.8, 4) is 0 Å². The third-order valence-corrected chi connectivity index (χ3v) is 4.84. The van der Waals surface area contributed by atoms with E-state index in [1.165, 1.54) is 26.2 Å². The van der Waals surface area contributed by atoms with Crippen molar-refractivity contribution in [3.05, 3.63) is 0 Å². The van der Waals surface area contributed by atoms with E-state index in [0.29, 0.717) is 5.92 Å². The number of halogens is 1. The molecule has 3 atom stereocenters. The summed E-state index contributed by atoms with van der Waals surface area (Å²) in [6.45, 7) is 1.37. The molecule has 0 saturated heterocycles. The molecule has 0 spiro atoms. The van der Waals surface area contributed by atoms with Crippen molar-refractivity contribution in [2.45, 2.75) is 45.2 Å². The Morgan fingerprint density at radius 2 is 2.00 bits per heavy atom. The highest BCUT2D eigenvalue weighted by Crippen LogP contribution is 2.65. The maximum absolute atomic E-state index is 12.7. The van der Waals surface area contributed by atoms with Crippen LogP contribution in [0.4, 0.5) is 4.39 Å². The molecule has 4 saturated carbocycles. The Labute approximate surface area is 95.5 Å². The zero-order valence-corrected chi connectivity index (χ0v) is 9.75. The Balaban J connectivity index is 1.72. The molecule has 0 N–H and O–H groups in total. The first kappa shape index (κ1) is 10.5. The molecule has 4 rings (SSSR count). The maximum Gasteiger partial charge on any atom is 0.312 e. The summed E-state index contributed by atoms with van der Waals surface area (Å²) in [5, 5.41) is 0. The van der Waals surface area contributed by atoms with Crippen molar-refractivity contribution in [2.75, 3.05) is 6.61 Å². The zero-order chi connectivity index (χ0) is 11.3. The third kappa shape index (κ3) is 1.40. The summed E-state index contributed by atoms with van der Waals surface area (Å²) in [5.41, 5.74) is -0.206. The normalized spacial score (nSPS) is 46.0. The molecule has 0 radical (unpaired) electrons. The van der Waals surface area contributed by atoms with Crippen LogP contribution in [0.3, 0.4) is 0 Å². The van der Waals surface area contributed by atoms with Gasteiger partial charge in [0, 0.05) is 0 Å². The number of rotatable bonds is 3. The molecular weight excluding hydrogens is 207 g/mol. The quantitative estimate of drug-likeness (QED) is 0.692. The Kier molecular flexibility index (Phi) is 2.27. The topological polar surface area (TPSA) is 26.3 Å². The summed E-state index contributed by atoms with van der Waals surface area (Å²) in [4.78, 5) is 12.1. The van der Waals surface area contributed by atoms with Crippen LogP contribution in [-0.4, -0.2) is 18.7 Å². The molecule has 16 heavy (non-hydrogen) atoms. The summed E-state index contributed by atoms with van der Waals surface area (Å²) in [7, 11) is 0. The van der Waals surface area contributed by atoms with Gasteiger partial charge in [0.05, 0.1) is 5.41 Å². The highest BCUT2D eigenvalue weighted by Gasteiger charge is 2.62. The van der Waals surface area contributed by atoms with Crippen LogP contribution in [0.2, 0.25) is 0 Å². The van der Waals surface area contributed by atoms with Crippen LogP contribution in [0, 0.1) is 23.2 Å². The first-order valence-corrected chi connectivity index (χ1v) is 6.41. The van der Waals surface area contributed by atoms with Gasteiger partial charge in [-0.3, -0.25) is 4.79 Å². The summed E-state index contributed by atoms with van der Waals surface area (Å²) >= 11 is 0. The predicted molar refractivity (Wildman–Crippen MR) is 57.5 cm³/mol. The molecule has 0 aromatic carbocycles. The number of carbonyl (C=O) groups excluding carboxylic acids is 1. The number of hydrogen-bond acceptors (Lipinski definition) is 2. The molecule has 0 amide bonds. The van der Waals surface area contributed by atoms with Crippen LogP contribution in [0.15, 0.2) is 0 Å². The molecule has 2 nitrogen and oxygen atoms in total. The van der Waals surface area contributed by atoms with E-state index < -0.39 is 6.17 Å². The lowest BCUT2D eigenvalue weighted by Gasteiger charge is -2.30. The van der Waals surface area contributed by atoms with E-state index >= 15 is 0 Å². The second kappa shape index (κ2) is 3.44. The van der Waals surface area contributed by atoms with E-state index in [4.69, 9.17) is 4.74 Å². The fraction of sp³-hybridized carbons (Fsp3) is 0.923. The average Bonchev–Trinajstić information content (AvgIpc) is 2.61. The van der Waals surface area contributed by atoms with Gasteiger partial charge in [-0.15, -0.1) is 0 Å². The number of hydrogen-bond donors (Lipinski definition) is 0. The second-order valence-electron chi connectivity index (χ2n) is 6.08. The van der Waals surface area contributed by atoms with E-state index in [-0.39, 0.29) is 18.0 Å². The lowest BCUT2D eigenvalue weighted by molar-refractivity contribution is -0.159. The van der Waals surface area contributed by atoms with Gasteiger partial charge in [-0.05, 0) is 56.8 Å². The fourth-order valence-corrected chi connectivity index (χ4v) is 4.46. The minimum atomic E-state index is -1.05. The van der Waals surface area contributed by atoms with E-state index in [2.05, 4.69) is 0 Å². The predicted octanol–water partition coefficient (Wildman–Crippen LogP) is 2.71. The van der Waals surface area contributed by atoms with Crippen molar-refractivity contribution in [3.63, 3.8) is 0 Å². The molecule has 0 heterocycles. The maximum atomic E-state index is 12.7. The zero-order valence-electron chi connectivity index (χ0n) is 9.75. The Bertz CT molecular complexity index is 299. The third-order valence-electron chi connectivity index (χ3n) is 4.84. The Morgan fingerprint density at radius 3 is 2.56 bits per heavy atom. The van der Waals surface area contributed by atoms with Crippen molar-refractivity contribution in [1.82, 2.24) is 0 Å². The van der Waals surface area contributed by atoms with Gasteiger partial charge < -0.3 is 4.74 Å². The van der Waals surface area contributed by atoms with Crippen LogP contribution in [0.25, 0.3) is 0 Å². The molecule has 0 aliphatic heterocycles. The van der Waals surface area contributed by atoms with Gasteiger partial charge in [0.25, 0.3) is 0 Å². The van der Waals surface area contributed by atoms with E-state index in [0.717, 1.165) is 24.7 Å². The molecule has 4 bridgehead atoms. The van der Waals surface area contributed by atoms with Crippen molar-refractivity contribution < 1.29 is 13.9 Å². The number of carbonyl (C=O) groups is 1. The largest absolute Gasteiger partial charge is 0.462 e. The molecule has 4 aliphatic carbocycles. The summed E-state index contributed by atoms with van der Waals surface area (Å²) < 4.78 is 17.8. The van der Waals surface area contributed by atoms with Crippen LogP contribution >= 0.6 is 0 Å². The molecule has 0 aromatic heterocycles. The molecule has 4 aliphatic rings. The average molecular weight is 226 g/mol. The van der Waals surface area contributed by atoms with Crippen molar-refractivity contribution in [1.29, 1.82) is 0 Å². The monoisotopic (exact) mass is 226 g/mol. The van der Waals surface area contributed by atoms with Crippen LogP contribution in [0.1, 0.15) is 39.0 Å². The standard InChI is InChI=1S/C13H19FO2/c1-8(14)7-16-12(15)13-5-9-2-10(6-13)4-11(13)3-9/h8-11H,2-7H2,1H3. The lowest BCUT2D eigenvalue weighted by Crippen LogP contribution is -2.35. The van der Waals surface area contributed by atoms with Gasteiger partial charge in [0.15, 0.2) is 0 Å². The molecule has 3 heteroatoms. The Hall–Kier alpha value is -0.600. The molecule has 0 aromatic rings. The van der Waals surface area contributed by atoms with Gasteiger partial charge in [-0.25, -0.2) is 4.39 Å². The smallest absolute Gasteiger partial charge is 0.312 e. The highest BCUT2D eigenvalue weighted by molar-refractivity contribution is 5.78. The van der Waals surface area contributed by atoms with Gasteiger partial charge in [-0.2, -0.15) is 0 Å². The second-order valence-corrected chi connectivity index (χ2v) is 6.08. The van der Waals surface area contributed by atoms with Gasteiger partial charge in [-0.1, -0.05) is 0 Å². The van der Waals surface area contributed by atoms with E-state index in [1.54, 1.807) is 0 Å². The molecular formula is C13H19FO2. The van der Waals surface area contributed by atoms with Gasteiger partial charge in [0.1, 0.15) is 12.8 Å². The van der Waals surface area contributed by atoms with Crippen molar-refractivity contribution in [2.24, 2.45) is 23.2 Å². The minimum absolute atomic E-state index is 0.0668. The Morgan fingerprint density at radius 1 is 1.38 bits per heavy atom. The van der Waals surface area contributed by atoms with Crippen LogP contribution < -0.4 is 0 Å². The SMILES string of the molecule is CC(F)COC(=O)C12CC3CC(CC1C3)C2. The van der Waals surface area contributed by atoms with Gasteiger partial charge >= 0.3 is 5.97 Å². The molecule has 3 unspecified atom stereocenters. The highest BCUT2D eigenvalue weighted by atomic mass is 19.1. The van der Waals surface area contributed by atoms with E-state index in [9.17, 15) is 9.18 Å². The van der Waals surface area contributed by atoms with Crippen LogP contribution in [-0.2, 0) is 9.53 Å². The first-order chi connectivity index (χ1) is 7.60. The van der Waals surface area contributed by atoms with Gasteiger partial charge in [0.2, 0.25) is 0 Å². The summed E-state index contributed by atoms with van der Waals surface area (Å²) in [6, 6.07) is 0. The number of ether oxygens (including phenoxy) is 1. The number of alkyl halides is 1. The number of esters is 1. The fourth-order valence-electron chi connectivity index (χ4n) is 4.46. The van der Waals surface area contributed by atoms with E-state index in [1.807, 2.05) is 0 Å². The summed E-state index contributed by atoms with van der Waals surface area (Å²) in [6.07, 6.45) is 4.69. The minimum Gasteiger partial charge on any atom is -0.462 e. The lowest BCUT2D eigenvalue weighted by atomic mass is 9.75. The molecule has 4 fully saturated rings. The molecule has 90 valence electrons. The van der Waals surface area contributed by atoms with Crippen molar-refractivity contribution >= 4 is 5.97 Å². The summed E-state index contributed by atoms with van der Waals surface area (Å²) in [5.74, 6) is 1.92. The van der Waals surface area contributed by atoms with Crippen LogP contribution in [0.5, 0.6) is 0 Å². The first-order valence-electron chi connectivity index (χ1n) is 6.41.